The molecular weight excluding hydrogens is 418 g/mol. The van der Waals surface area contributed by atoms with Crippen molar-refractivity contribution in [1.29, 1.82) is 0 Å². The van der Waals surface area contributed by atoms with Crippen LogP contribution in [0.15, 0.2) is 42.5 Å². The zero-order chi connectivity index (χ0) is 21.3. The summed E-state index contributed by atoms with van der Waals surface area (Å²) in [5, 5.41) is 0.961. The molecule has 1 aliphatic heterocycles. The van der Waals surface area contributed by atoms with E-state index < -0.39 is 15.6 Å². The topological polar surface area (TPSA) is 70.6 Å². The number of amides is 1. The zero-order valence-electron chi connectivity index (χ0n) is 17.2. The molecule has 1 fully saturated rings. The van der Waals surface area contributed by atoms with Crippen molar-refractivity contribution in [2.75, 3.05) is 36.8 Å². The third-order valence-corrected chi connectivity index (χ3v) is 8.09. The van der Waals surface area contributed by atoms with Crippen molar-refractivity contribution in [1.82, 2.24) is 9.88 Å². The Bertz CT molecular complexity index is 1170. The van der Waals surface area contributed by atoms with E-state index in [2.05, 4.69) is 30.9 Å². The zero-order valence-corrected chi connectivity index (χ0v) is 18.8. The maximum Gasteiger partial charge on any atom is 0.237 e. The smallest absolute Gasteiger partial charge is 0.237 e. The van der Waals surface area contributed by atoms with Crippen LogP contribution in [0.2, 0.25) is 0 Å². The fraction of sp³-hybridized carbons (Fsp3) is 0.364. The summed E-state index contributed by atoms with van der Waals surface area (Å²) in [5.41, 5.74) is 4.18. The summed E-state index contributed by atoms with van der Waals surface area (Å²) in [6.07, 6.45) is 0. The van der Waals surface area contributed by atoms with E-state index in [1.165, 1.54) is 15.8 Å². The monoisotopic (exact) mass is 443 g/mol. The molecule has 0 spiro atoms. The number of anilines is 1. The highest BCUT2D eigenvalue weighted by Crippen LogP contribution is 2.32. The number of fused-ring (bicyclic) bond motifs is 1. The SMILES string of the molecule is Cc1ccc2sc(N3CCN(C(=O)CS(=O)(=O)Cc4ccccc4)CC3)nc2c1C. The van der Waals surface area contributed by atoms with Crippen molar-refractivity contribution in [2.24, 2.45) is 0 Å². The van der Waals surface area contributed by atoms with Gasteiger partial charge in [0.1, 0.15) is 5.75 Å². The standard InChI is InChI=1S/C22H25N3O3S2/c1-16-8-9-19-21(17(16)2)23-22(29-19)25-12-10-24(11-13-25)20(26)15-30(27,28)14-18-6-4-3-5-7-18/h3-9H,10-15H2,1-2H3. The number of rotatable bonds is 5. The Balaban J connectivity index is 1.37. The van der Waals surface area contributed by atoms with Gasteiger partial charge in [0, 0.05) is 26.2 Å². The van der Waals surface area contributed by atoms with Gasteiger partial charge in [-0.2, -0.15) is 0 Å². The number of benzene rings is 2. The van der Waals surface area contributed by atoms with Crippen molar-refractivity contribution in [2.45, 2.75) is 19.6 Å². The molecular formula is C22H25N3O3S2. The van der Waals surface area contributed by atoms with Crippen LogP contribution < -0.4 is 4.90 Å². The molecule has 2 heterocycles. The molecule has 0 bridgehead atoms. The Labute approximate surface area is 181 Å². The fourth-order valence-corrected chi connectivity index (χ4v) is 6.09. The molecule has 0 atom stereocenters. The molecule has 2 aromatic carbocycles. The predicted octanol–water partition coefficient (Wildman–Crippen LogP) is 3.18. The third kappa shape index (κ3) is 4.49. The molecule has 0 N–H and O–H groups in total. The molecule has 3 aromatic rings. The molecule has 30 heavy (non-hydrogen) atoms. The van der Waals surface area contributed by atoms with Crippen LogP contribution in [0.1, 0.15) is 16.7 Å². The van der Waals surface area contributed by atoms with E-state index in [-0.39, 0.29) is 11.7 Å². The second kappa shape index (κ2) is 8.35. The van der Waals surface area contributed by atoms with Gasteiger partial charge in [-0.1, -0.05) is 47.7 Å². The van der Waals surface area contributed by atoms with E-state index in [0.29, 0.717) is 31.7 Å². The Hall–Kier alpha value is -2.45. The molecule has 158 valence electrons. The van der Waals surface area contributed by atoms with E-state index in [9.17, 15) is 13.2 Å². The summed E-state index contributed by atoms with van der Waals surface area (Å²) in [4.78, 5) is 21.2. The number of hydrogen-bond donors (Lipinski definition) is 0. The number of piperazine rings is 1. The van der Waals surface area contributed by atoms with Crippen molar-refractivity contribution in [3.05, 3.63) is 59.2 Å². The van der Waals surface area contributed by atoms with Gasteiger partial charge in [-0.25, -0.2) is 13.4 Å². The van der Waals surface area contributed by atoms with Crippen LogP contribution in [0.3, 0.4) is 0 Å². The minimum absolute atomic E-state index is 0.107. The summed E-state index contributed by atoms with van der Waals surface area (Å²) in [6, 6.07) is 13.2. The van der Waals surface area contributed by atoms with Gasteiger partial charge in [0.15, 0.2) is 15.0 Å². The van der Waals surface area contributed by atoms with Crippen molar-refractivity contribution >= 4 is 42.4 Å². The second-order valence-electron chi connectivity index (χ2n) is 7.74. The van der Waals surface area contributed by atoms with Gasteiger partial charge in [-0.05, 0) is 36.6 Å². The Morgan fingerprint density at radius 3 is 2.43 bits per heavy atom. The largest absolute Gasteiger partial charge is 0.345 e. The van der Waals surface area contributed by atoms with E-state index in [0.717, 1.165) is 10.6 Å². The van der Waals surface area contributed by atoms with Crippen molar-refractivity contribution < 1.29 is 13.2 Å². The lowest BCUT2D eigenvalue weighted by Gasteiger charge is -2.34. The number of hydrogen-bond acceptors (Lipinski definition) is 6. The quantitative estimate of drug-likeness (QED) is 0.606. The van der Waals surface area contributed by atoms with Gasteiger partial charge in [-0.3, -0.25) is 4.79 Å². The van der Waals surface area contributed by atoms with E-state index >= 15 is 0 Å². The highest BCUT2D eigenvalue weighted by molar-refractivity contribution is 7.91. The first-order valence-electron chi connectivity index (χ1n) is 9.96. The van der Waals surface area contributed by atoms with Crippen LogP contribution in [0.5, 0.6) is 0 Å². The fourth-order valence-electron chi connectivity index (χ4n) is 3.66. The lowest BCUT2D eigenvalue weighted by molar-refractivity contribution is -0.128. The predicted molar refractivity (Wildman–Crippen MR) is 122 cm³/mol. The first-order valence-corrected chi connectivity index (χ1v) is 12.6. The summed E-state index contributed by atoms with van der Waals surface area (Å²) < 4.78 is 26.0. The van der Waals surface area contributed by atoms with Gasteiger partial charge in [0.25, 0.3) is 0 Å². The van der Waals surface area contributed by atoms with Crippen LogP contribution in [-0.4, -0.2) is 56.1 Å². The number of sulfone groups is 1. The molecule has 1 amide bonds. The molecule has 1 aliphatic rings. The number of thiazole rings is 1. The number of aryl methyl sites for hydroxylation is 2. The summed E-state index contributed by atoms with van der Waals surface area (Å²) >= 11 is 1.66. The summed E-state index contributed by atoms with van der Waals surface area (Å²) in [5.74, 6) is -0.868. The average Bonchev–Trinajstić information content (AvgIpc) is 3.16. The van der Waals surface area contributed by atoms with Crippen molar-refractivity contribution in [3.8, 4) is 0 Å². The van der Waals surface area contributed by atoms with Crippen molar-refractivity contribution in [3.63, 3.8) is 0 Å². The first kappa shape index (κ1) is 20.8. The van der Waals surface area contributed by atoms with Crippen LogP contribution in [0.25, 0.3) is 10.2 Å². The van der Waals surface area contributed by atoms with E-state index in [4.69, 9.17) is 4.98 Å². The molecule has 6 nitrogen and oxygen atoms in total. The van der Waals surface area contributed by atoms with Gasteiger partial charge in [0.05, 0.1) is 16.0 Å². The second-order valence-corrected chi connectivity index (χ2v) is 10.8. The number of carbonyl (C=O) groups excluding carboxylic acids is 1. The Morgan fingerprint density at radius 2 is 1.73 bits per heavy atom. The van der Waals surface area contributed by atoms with Crippen LogP contribution in [0.4, 0.5) is 5.13 Å². The third-order valence-electron chi connectivity index (χ3n) is 5.55. The van der Waals surface area contributed by atoms with E-state index in [1.54, 1.807) is 40.5 Å². The maximum absolute atomic E-state index is 12.6. The first-order chi connectivity index (χ1) is 14.3. The lowest BCUT2D eigenvalue weighted by Crippen LogP contribution is -2.50. The Kier molecular flexibility index (Phi) is 5.79. The maximum atomic E-state index is 12.6. The highest BCUT2D eigenvalue weighted by Gasteiger charge is 2.27. The number of aromatic nitrogens is 1. The normalized spacial score (nSPS) is 15.0. The molecule has 8 heteroatoms. The molecule has 4 rings (SSSR count). The van der Waals surface area contributed by atoms with Gasteiger partial charge in [0.2, 0.25) is 5.91 Å². The highest BCUT2D eigenvalue weighted by atomic mass is 32.2. The summed E-state index contributed by atoms with van der Waals surface area (Å²) in [6.45, 7) is 6.50. The molecule has 0 unspecified atom stereocenters. The lowest BCUT2D eigenvalue weighted by atomic mass is 10.1. The molecule has 0 radical (unpaired) electrons. The number of nitrogens with zero attached hydrogens (tertiary/aromatic N) is 3. The van der Waals surface area contributed by atoms with Gasteiger partial charge >= 0.3 is 0 Å². The molecule has 1 aromatic heterocycles. The minimum atomic E-state index is -3.49. The molecule has 1 saturated heterocycles. The molecule has 0 saturated carbocycles. The minimum Gasteiger partial charge on any atom is -0.345 e. The number of carbonyl (C=O) groups is 1. The molecule has 0 aliphatic carbocycles. The average molecular weight is 444 g/mol. The Morgan fingerprint density at radius 1 is 1.03 bits per heavy atom. The van der Waals surface area contributed by atoms with E-state index in [1.807, 2.05) is 6.07 Å². The summed E-state index contributed by atoms with van der Waals surface area (Å²) in [7, 11) is -3.49. The van der Waals surface area contributed by atoms with Crippen LogP contribution >= 0.6 is 11.3 Å². The van der Waals surface area contributed by atoms with Crippen LogP contribution in [-0.2, 0) is 20.4 Å². The van der Waals surface area contributed by atoms with Gasteiger partial charge in [-0.15, -0.1) is 0 Å². The van der Waals surface area contributed by atoms with Crippen LogP contribution in [0, 0.1) is 13.8 Å². The van der Waals surface area contributed by atoms with Gasteiger partial charge < -0.3 is 9.80 Å².